The van der Waals surface area contributed by atoms with Crippen LogP contribution >= 0.6 is 0 Å². The quantitative estimate of drug-likeness (QED) is 0.891. The average Bonchev–Trinajstić information content (AvgIpc) is 2.45. The van der Waals surface area contributed by atoms with Crippen LogP contribution in [0.2, 0.25) is 0 Å². The molecule has 0 bridgehead atoms. The fraction of sp³-hybridized carbons (Fsp3) is 0.200. The average molecular weight is 256 g/mol. The van der Waals surface area contributed by atoms with Gasteiger partial charge in [-0.05, 0) is 18.6 Å². The van der Waals surface area contributed by atoms with Gasteiger partial charge in [0.05, 0.1) is 0 Å². The van der Waals surface area contributed by atoms with E-state index in [-0.39, 0.29) is 12.5 Å². The molecule has 1 aromatic heterocycles. The van der Waals surface area contributed by atoms with Crippen LogP contribution in [0.25, 0.3) is 0 Å². The molecule has 1 amide bonds. The predicted octanol–water partition coefficient (Wildman–Crippen LogP) is 2.09. The molecule has 4 heteroatoms. The second kappa shape index (κ2) is 6.54. The van der Waals surface area contributed by atoms with Crippen molar-refractivity contribution in [1.29, 1.82) is 0 Å². The molecule has 0 saturated carbocycles. The Morgan fingerprint density at radius 1 is 1.21 bits per heavy atom. The minimum absolute atomic E-state index is 0.0249. The predicted molar refractivity (Wildman–Crippen MR) is 72.8 cm³/mol. The Bertz CT molecular complexity index is 524. The summed E-state index contributed by atoms with van der Waals surface area (Å²) in [5.41, 5.74) is 2.27. The van der Waals surface area contributed by atoms with Crippen molar-refractivity contribution in [2.75, 3.05) is 6.61 Å². The lowest BCUT2D eigenvalue weighted by Gasteiger charge is -2.07. The maximum absolute atomic E-state index is 11.6. The summed E-state index contributed by atoms with van der Waals surface area (Å²) in [5.74, 6) is 0.291. The van der Waals surface area contributed by atoms with E-state index in [9.17, 15) is 4.79 Å². The lowest BCUT2D eigenvalue weighted by atomic mass is 10.1. The van der Waals surface area contributed by atoms with E-state index in [1.165, 1.54) is 5.56 Å². The van der Waals surface area contributed by atoms with Crippen molar-refractivity contribution in [3.05, 3.63) is 59.8 Å². The zero-order chi connectivity index (χ0) is 13.5. The van der Waals surface area contributed by atoms with Gasteiger partial charge in [0, 0.05) is 18.8 Å². The molecule has 2 aromatic rings. The number of hydrogen-bond acceptors (Lipinski definition) is 3. The number of carbonyl (C=O) groups is 1. The van der Waals surface area contributed by atoms with Gasteiger partial charge in [-0.25, -0.2) is 4.98 Å². The molecule has 0 aliphatic heterocycles. The summed E-state index contributed by atoms with van der Waals surface area (Å²) in [6.07, 6.45) is 1.62. The number of nitrogens with one attached hydrogen (secondary N) is 1. The highest BCUT2D eigenvalue weighted by molar-refractivity contribution is 5.77. The molecule has 0 radical (unpaired) electrons. The number of ether oxygens (including phenoxy) is 1. The van der Waals surface area contributed by atoms with Crippen LogP contribution in [-0.2, 0) is 11.3 Å². The van der Waals surface area contributed by atoms with Crippen molar-refractivity contribution >= 4 is 5.91 Å². The molecule has 4 nitrogen and oxygen atoms in total. The van der Waals surface area contributed by atoms with Gasteiger partial charge in [0.1, 0.15) is 0 Å². The summed E-state index contributed by atoms with van der Waals surface area (Å²) in [5, 5.41) is 2.80. The maximum atomic E-state index is 11.6. The van der Waals surface area contributed by atoms with Crippen molar-refractivity contribution in [2.45, 2.75) is 13.5 Å². The van der Waals surface area contributed by atoms with Gasteiger partial charge in [-0.3, -0.25) is 4.79 Å². The number of pyridine rings is 1. The third kappa shape index (κ3) is 4.43. The lowest BCUT2D eigenvalue weighted by molar-refractivity contribution is -0.123. The summed E-state index contributed by atoms with van der Waals surface area (Å²) < 4.78 is 5.25. The maximum Gasteiger partial charge on any atom is 0.258 e. The Morgan fingerprint density at radius 3 is 2.68 bits per heavy atom. The van der Waals surface area contributed by atoms with Gasteiger partial charge in [0.25, 0.3) is 5.91 Å². The zero-order valence-electron chi connectivity index (χ0n) is 10.8. The molecule has 0 atom stereocenters. The number of benzene rings is 1. The zero-order valence-corrected chi connectivity index (χ0v) is 10.8. The molecule has 0 fully saturated rings. The Labute approximate surface area is 112 Å². The number of carbonyl (C=O) groups excluding carboxylic acids is 1. The first-order valence-corrected chi connectivity index (χ1v) is 6.10. The normalized spacial score (nSPS) is 9.95. The van der Waals surface area contributed by atoms with Crippen LogP contribution in [-0.4, -0.2) is 17.5 Å². The van der Waals surface area contributed by atoms with Gasteiger partial charge in [0.15, 0.2) is 6.61 Å². The van der Waals surface area contributed by atoms with Crippen LogP contribution in [0.1, 0.15) is 11.1 Å². The van der Waals surface area contributed by atoms with Gasteiger partial charge in [-0.15, -0.1) is 0 Å². The Hall–Kier alpha value is -2.36. The summed E-state index contributed by atoms with van der Waals surface area (Å²) in [7, 11) is 0. The molecule has 0 unspecified atom stereocenters. The molecule has 0 spiro atoms. The SMILES string of the molecule is Cc1ccc(CNC(=O)COc2ccccn2)cc1. The molecular weight excluding hydrogens is 240 g/mol. The molecule has 0 saturated heterocycles. The smallest absolute Gasteiger partial charge is 0.258 e. The summed E-state index contributed by atoms with van der Waals surface area (Å²) in [6, 6.07) is 13.4. The van der Waals surface area contributed by atoms with Crippen LogP contribution in [0.5, 0.6) is 5.88 Å². The van der Waals surface area contributed by atoms with Gasteiger partial charge in [0.2, 0.25) is 5.88 Å². The molecule has 1 aromatic carbocycles. The standard InChI is InChI=1S/C15H16N2O2/c1-12-5-7-13(8-6-12)10-17-14(18)11-19-15-4-2-3-9-16-15/h2-9H,10-11H2,1H3,(H,17,18). The van der Waals surface area contributed by atoms with Crippen molar-refractivity contribution < 1.29 is 9.53 Å². The summed E-state index contributed by atoms with van der Waals surface area (Å²) in [6.45, 7) is 2.51. The number of rotatable bonds is 5. The van der Waals surface area contributed by atoms with Crippen LogP contribution in [0.4, 0.5) is 0 Å². The number of aryl methyl sites for hydroxylation is 1. The molecule has 98 valence electrons. The second-order valence-electron chi connectivity index (χ2n) is 4.22. The third-order valence-electron chi connectivity index (χ3n) is 2.60. The first-order valence-electron chi connectivity index (χ1n) is 6.10. The van der Waals surface area contributed by atoms with E-state index in [4.69, 9.17) is 4.74 Å². The Balaban J connectivity index is 1.74. The van der Waals surface area contributed by atoms with E-state index in [1.54, 1.807) is 18.3 Å². The minimum atomic E-state index is -0.161. The van der Waals surface area contributed by atoms with E-state index in [2.05, 4.69) is 10.3 Å². The molecule has 0 aliphatic rings. The first-order chi connectivity index (χ1) is 9.24. The highest BCUT2D eigenvalue weighted by Gasteiger charge is 2.03. The van der Waals surface area contributed by atoms with E-state index in [1.807, 2.05) is 37.3 Å². The van der Waals surface area contributed by atoms with Crippen molar-refractivity contribution in [3.63, 3.8) is 0 Å². The number of nitrogens with zero attached hydrogens (tertiary/aromatic N) is 1. The van der Waals surface area contributed by atoms with Crippen molar-refractivity contribution in [3.8, 4) is 5.88 Å². The number of amides is 1. The monoisotopic (exact) mass is 256 g/mol. The van der Waals surface area contributed by atoms with Gasteiger partial charge < -0.3 is 10.1 Å². The Kier molecular flexibility index (Phi) is 4.50. The Morgan fingerprint density at radius 2 is 2.00 bits per heavy atom. The topological polar surface area (TPSA) is 51.2 Å². The van der Waals surface area contributed by atoms with Crippen LogP contribution in [0.3, 0.4) is 0 Å². The molecule has 1 N–H and O–H groups in total. The first kappa shape index (κ1) is 13.1. The summed E-state index contributed by atoms with van der Waals surface area (Å²) >= 11 is 0. The van der Waals surface area contributed by atoms with Gasteiger partial charge in [-0.1, -0.05) is 35.9 Å². The van der Waals surface area contributed by atoms with Crippen molar-refractivity contribution in [2.24, 2.45) is 0 Å². The number of hydrogen-bond donors (Lipinski definition) is 1. The van der Waals surface area contributed by atoms with Gasteiger partial charge in [-0.2, -0.15) is 0 Å². The van der Waals surface area contributed by atoms with E-state index >= 15 is 0 Å². The third-order valence-corrected chi connectivity index (χ3v) is 2.60. The largest absolute Gasteiger partial charge is 0.468 e. The van der Waals surface area contributed by atoms with E-state index in [0.717, 1.165) is 5.56 Å². The van der Waals surface area contributed by atoms with E-state index in [0.29, 0.717) is 12.4 Å². The fourth-order valence-corrected chi connectivity index (χ4v) is 1.53. The van der Waals surface area contributed by atoms with E-state index < -0.39 is 0 Å². The number of aromatic nitrogens is 1. The van der Waals surface area contributed by atoms with Crippen LogP contribution in [0.15, 0.2) is 48.7 Å². The molecule has 19 heavy (non-hydrogen) atoms. The molecule has 0 aliphatic carbocycles. The van der Waals surface area contributed by atoms with Gasteiger partial charge >= 0.3 is 0 Å². The minimum Gasteiger partial charge on any atom is -0.468 e. The highest BCUT2D eigenvalue weighted by atomic mass is 16.5. The lowest BCUT2D eigenvalue weighted by Crippen LogP contribution is -2.28. The second-order valence-corrected chi connectivity index (χ2v) is 4.22. The van der Waals surface area contributed by atoms with Crippen LogP contribution in [0, 0.1) is 6.92 Å². The van der Waals surface area contributed by atoms with Crippen LogP contribution < -0.4 is 10.1 Å². The highest BCUT2D eigenvalue weighted by Crippen LogP contribution is 2.04. The molecule has 2 rings (SSSR count). The fourth-order valence-electron chi connectivity index (χ4n) is 1.53. The van der Waals surface area contributed by atoms with Crippen molar-refractivity contribution in [1.82, 2.24) is 10.3 Å². The molecular formula is C15H16N2O2. The summed E-state index contributed by atoms with van der Waals surface area (Å²) in [4.78, 5) is 15.6. The molecule has 1 heterocycles.